The summed E-state index contributed by atoms with van der Waals surface area (Å²) in [6, 6.07) is 0. The first-order valence-corrected chi connectivity index (χ1v) is 7.29. The van der Waals surface area contributed by atoms with E-state index in [9.17, 15) is 4.79 Å². The standard InChI is InChI=1S/C15H22O3/c16-15-13-7-3-4-8-14(13)17-9-11-5-1-2-6-12(11)10-18-15/h4,8,11-14H,1-3,5-7,9-10H2/t11-,12+,13+,14-/m0/s1. The van der Waals surface area contributed by atoms with E-state index in [-0.39, 0.29) is 18.0 Å². The van der Waals surface area contributed by atoms with Crippen molar-refractivity contribution in [2.75, 3.05) is 13.2 Å². The Kier molecular flexibility index (Phi) is 3.69. The van der Waals surface area contributed by atoms with Crippen molar-refractivity contribution >= 4 is 5.97 Å². The number of cyclic esters (lactones) is 1. The first-order chi connectivity index (χ1) is 8.84. The van der Waals surface area contributed by atoms with E-state index in [1.54, 1.807) is 0 Å². The van der Waals surface area contributed by atoms with Gasteiger partial charge in [-0.2, -0.15) is 0 Å². The highest BCUT2D eigenvalue weighted by molar-refractivity contribution is 5.73. The summed E-state index contributed by atoms with van der Waals surface area (Å²) in [6.07, 6.45) is 10.9. The number of allylic oxidation sites excluding steroid dienone is 1. The van der Waals surface area contributed by atoms with Crippen molar-refractivity contribution in [2.45, 2.75) is 44.6 Å². The Labute approximate surface area is 109 Å². The van der Waals surface area contributed by atoms with Gasteiger partial charge in [-0.1, -0.05) is 25.0 Å². The van der Waals surface area contributed by atoms with Gasteiger partial charge >= 0.3 is 5.97 Å². The molecule has 4 atom stereocenters. The fraction of sp³-hybridized carbons (Fsp3) is 0.800. The average Bonchev–Trinajstić information content (AvgIpc) is 2.49. The second-order valence-electron chi connectivity index (χ2n) is 5.84. The molecule has 0 aromatic carbocycles. The molecule has 0 radical (unpaired) electrons. The Morgan fingerprint density at radius 2 is 1.83 bits per heavy atom. The number of hydrogen-bond donors (Lipinski definition) is 0. The molecule has 0 unspecified atom stereocenters. The lowest BCUT2D eigenvalue weighted by atomic mass is 9.80. The maximum Gasteiger partial charge on any atom is 0.311 e. The number of ether oxygens (including phenoxy) is 2. The van der Waals surface area contributed by atoms with E-state index in [1.165, 1.54) is 25.7 Å². The van der Waals surface area contributed by atoms with E-state index in [0.717, 1.165) is 19.4 Å². The monoisotopic (exact) mass is 250 g/mol. The Morgan fingerprint density at radius 1 is 1.06 bits per heavy atom. The molecule has 0 aromatic rings. The van der Waals surface area contributed by atoms with E-state index < -0.39 is 0 Å². The zero-order chi connectivity index (χ0) is 12.4. The molecule has 0 aromatic heterocycles. The third-order valence-electron chi connectivity index (χ3n) is 4.68. The molecular formula is C15H22O3. The number of carbonyl (C=O) groups is 1. The van der Waals surface area contributed by atoms with E-state index in [1.807, 2.05) is 0 Å². The van der Waals surface area contributed by atoms with Gasteiger partial charge in [0, 0.05) is 0 Å². The van der Waals surface area contributed by atoms with Gasteiger partial charge in [-0.15, -0.1) is 0 Å². The van der Waals surface area contributed by atoms with Crippen LogP contribution in [0.25, 0.3) is 0 Å². The second-order valence-corrected chi connectivity index (χ2v) is 5.84. The minimum absolute atomic E-state index is 0.0458. The maximum absolute atomic E-state index is 12.1. The highest BCUT2D eigenvalue weighted by Crippen LogP contribution is 2.34. The Hall–Kier alpha value is -0.830. The summed E-state index contributed by atoms with van der Waals surface area (Å²) in [5.41, 5.74) is 0. The van der Waals surface area contributed by atoms with Crippen LogP contribution in [0.4, 0.5) is 0 Å². The van der Waals surface area contributed by atoms with E-state index in [4.69, 9.17) is 9.47 Å². The summed E-state index contributed by atoms with van der Waals surface area (Å²) in [5.74, 6) is 0.984. The van der Waals surface area contributed by atoms with Gasteiger partial charge in [-0.05, 0) is 37.5 Å². The number of fused-ring (bicyclic) bond motifs is 2. The largest absolute Gasteiger partial charge is 0.465 e. The molecule has 1 heterocycles. The van der Waals surface area contributed by atoms with Gasteiger partial charge in [0.15, 0.2) is 0 Å². The van der Waals surface area contributed by atoms with Crippen LogP contribution in [0.15, 0.2) is 12.2 Å². The predicted octanol–water partition coefficient (Wildman–Crippen LogP) is 2.70. The van der Waals surface area contributed by atoms with Crippen molar-refractivity contribution in [1.82, 2.24) is 0 Å². The molecule has 2 aliphatic carbocycles. The van der Waals surface area contributed by atoms with Crippen LogP contribution in [-0.4, -0.2) is 25.3 Å². The highest BCUT2D eigenvalue weighted by atomic mass is 16.5. The molecule has 0 amide bonds. The lowest BCUT2D eigenvalue weighted by Gasteiger charge is -2.30. The van der Waals surface area contributed by atoms with Crippen molar-refractivity contribution in [1.29, 1.82) is 0 Å². The molecule has 0 N–H and O–H groups in total. The van der Waals surface area contributed by atoms with E-state index in [0.29, 0.717) is 18.4 Å². The van der Waals surface area contributed by atoms with Crippen molar-refractivity contribution in [3.8, 4) is 0 Å². The van der Waals surface area contributed by atoms with Gasteiger partial charge < -0.3 is 9.47 Å². The van der Waals surface area contributed by atoms with Crippen LogP contribution in [-0.2, 0) is 14.3 Å². The summed E-state index contributed by atoms with van der Waals surface area (Å²) < 4.78 is 11.6. The van der Waals surface area contributed by atoms with Crippen LogP contribution in [0.3, 0.4) is 0 Å². The van der Waals surface area contributed by atoms with Crippen molar-refractivity contribution in [3.05, 3.63) is 12.2 Å². The molecule has 3 rings (SSSR count). The van der Waals surface area contributed by atoms with Gasteiger partial charge in [0.25, 0.3) is 0 Å². The normalized spacial score (nSPS) is 40.8. The van der Waals surface area contributed by atoms with Gasteiger partial charge in [0.1, 0.15) is 0 Å². The van der Waals surface area contributed by atoms with Gasteiger partial charge in [-0.3, -0.25) is 4.79 Å². The summed E-state index contributed by atoms with van der Waals surface area (Å²) in [7, 11) is 0. The molecule has 1 saturated carbocycles. The Bertz CT molecular complexity index is 337. The van der Waals surface area contributed by atoms with Crippen molar-refractivity contribution in [3.63, 3.8) is 0 Å². The molecule has 3 heteroatoms. The number of rotatable bonds is 0. The van der Waals surface area contributed by atoms with Gasteiger partial charge in [0.05, 0.1) is 25.2 Å². The third-order valence-corrected chi connectivity index (χ3v) is 4.68. The van der Waals surface area contributed by atoms with Gasteiger partial charge in [0.2, 0.25) is 0 Å². The van der Waals surface area contributed by atoms with Crippen LogP contribution < -0.4 is 0 Å². The first-order valence-electron chi connectivity index (χ1n) is 7.29. The smallest absolute Gasteiger partial charge is 0.311 e. The lowest BCUT2D eigenvalue weighted by molar-refractivity contribution is -0.153. The summed E-state index contributed by atoms with van der Waals surface area (Å²) in [4.78, 5) is 12.1. The molecule has 0 spiro atoms. The van der Waals surface area contributed by atoms with Crippen LogP contribution in [0.5, 0.6) is 0 Å². The molecule has 1 saturated heterocycles. The van der Waals surface area contributed by atoms with E-state index in [2.05, 4.69) is 12.2 Å². The zero-order valence-electron chi connectivity index (χ0n) is 10.8. The SMILES string of the molecule is O=C1OC[C@H]2CCCC[C@H]2CO[C@H]2C=CCC[C@@H]12. The number of hydrogen-bond acceptors (Lipinski definition) is 3. The van der Waals surface area contributed by atoms with Crippen LogP contribution in [0, 0.1) is 17.8 Å². The Morgan fingerprint density at radius 3 is 2.67 bits per heavy atom. The highest BCUT2D eigenvalue weighted by Gasteiger charge is 2.35. The fourth-order valence-electron chi connectivity index (χ4n) is 3.48. The van der Waals surface area contributed by atoms with Crippen molar-refractivity contribution < 1.29 is 14.3 Å². The van der Waals surface area contributed by atoms with Crippen molar-refractivity contribution in [2.24, 2.45) is 17.8 Å². The summed E-state index contributed by atoms with van der Waals surface area (Å²) in [5, 5.41) is 0. The number of carbonyl (C=O) groups excluding carboxylic acids is 1. The molecular weight excluding hydrogens is 228 g/mol. The van der Waals surface area contributed by atoms with Gasteiger partial charge in [-0.25, -0.2) is 0 Å². The molecule has 18 heavy (non-hydrogen) atoms. The summed E-state index contributed by atoms with van der Waals surface area (Å²) in [6.45, 7) is 1.41. The first kappa shape index (κ1) is 12.2. The molecule has 0 bridgehead atoms. The lowest BCUT2D eigenvalue weighted by Crippen LogP contribution is -2.32. The number of esters is 1. The minimum Gasteiger partial charge on any atom is -0.465 e. The molecule has 3 nitrogen and oxygen atoms in total. The molecule has 3 aliphatic rings. The average molecular weight is 250 g/mol. The molecule has 100 valence electrons. The minimum atomic E-state index is -0.0739. The fourth-order valence-corrected chi connectivity index (χ4v) is 3.48. The quantitative estimate of drug-likeness (QED) is 0.490. The zero-order valence-corrected chi connectivity index (χ0v) is 10.8. The molecule has 2 fully saturated rings. The predicted molar refractivity (Wildman–Crippen MR) is 68.0 cm³/mol. The topological polar surface area (TPSA) is 35.5 Å². The Balaban J connectivity index is 1.74. The molecule has 1 aliphatic heterocycles. The van der Waals surface area contributed by atoms with E-state index >= 15 is 0 Å². The maximum atomic E-state index is 12.1. The van der Waals surface area contributed by atoms with Crippen LogP contribution >= 0.6 is 0 Å². The third kappa shape index (κ3) is 2.46. The second kappa shape index (κ2) is 5.43. The summed E-state index contributed by atoms with van der Waals surface area (Å²) >= 11 is 0. The van der Waals surface area contributed by atoms with Crippen LogP contribution in [0.1, 0.15) is 38.5 Å². The van der Waals surface area contributed by atoms with Crippen LogP contribution in [0.2, 0.25) is 0 Å².